The first-order chi connectivity index (χ1) is 17.5. The highest BCUT2D eigenvalue weighted by Gasteiger charge is 2.25. The Morgan fingerprint density at radius 1 is 1.14 bits per heavy atom. The minimum Gasteiger partial charge on any atom is -0.497 e. The summed E-state index contributed by atoms with van der Waals surface area (Å²) in [4.78, 5) is 13.1. The minimum absolute atomic E-state index is 0.0147. The van der Waals surface area contributed by atoms with Crippen LogP contribution in [-0.4, -0.2) is 58.3 Å². The van der Waals surface area contributed by atoms with Gasteiger partial charge in [0.25, 0.3) is 5.91 Å². The molecule has 0 bridgehead atoms. The van der Waals surface area contributed by atoms with E-state index in [4.69, 9.17) is 24.6 Å². The Balaban J connectivity index is 1.65. The largest absolute Gasteiger partial charge is 0.497 e. The lowest BCUT2D eigenvalue weighted by Gasteiger charge is -2.08. The molecule has 2 heterocycles. The van der Waals surface area contributed by atoms with Crippen LogP contribution in [0.15, 0.2) is 52.2 Å². The third-order valence-corrected chi connectivity index (χ3v) is 4.99. The number of amides is 1. The zero-order valence-electron chi connectivity index (χ0n) is 19.8. The summed E-state index contributed by atoms with van der Waals surface area (Å²) >= 11 is 0. The minimum atomic E-state index is -0.615. The summed E-state index contributed by atoms with van der Waals surface area (Å²) in [5.74, 6) is 1.31. The van der Waals surface area contributed by atoms with Gasteiger partial charge in [-0.15, -0.1) is 5.10 Å². The second-order valence-corrected chi connectivity index (χ2v) is 7.35. The maximum Gasteiger partial charge on any atom is 0.294 e. The molecule has 3 N–H and O–H groups in total. The van der Waals surface area contributed by atoms with E-state index < -0.39 is 5.91 Å². The fourth-order valence-corrected chi connectivity index (χ4v) is 3.26. The van der Waals surface area contributed by atoms with Crippen molar-refractivity contribution in [3.8, 4) is 34.3 Å². The number of nitrogens with one attached hydrogen (secondary N) is 1. The van der Waals surface area contributed by atoms with Crippen molar-refractivity contribution in [1.29, 1.82) is 0 Å². The van der Waals surface area contributed by atoms with Crippen LogP contribution < -0.4 is 25.4 Å². The number of hydrazone groups is 1. The van der Waals surface area contributed by atoms with E-state index in [1.165, 1.54) is 18.0 Å². The van der Waals surface area contributed by atoms with Gasteiger partial charge in [0.05, 0.1) is 27.0 Å². The third-order valence-electron chi connectivity index (χ3n) is 4.99. The van der Waals surface area contributed by atoms with Gasteiger partial charge in [0.15, 0.2) is 5.69 Å². The zero-order valence-corrected chi connectivity index (χ0v) is 19.8. The van der Waals surface area contributed by atoms with Gasteiger partial charge in [0.1, 0.15) is 22.9 Å². The van der Waals surface area contributed by atoms with Crippen LogP contribution in [0.5, 0.6) is 17.2 Å². The van der Waals surface area contributed by atoms with E-state index in [1.807, 2.05) is 6.92 Å². The molecule has 13 heteroatoms. The molecule has 1 amide bonds. The van der Waals surface area contributed by atoms with Crippen molar-refractivity contribution in [3.05, 3.63) is 53.7 Å². The average molecular weight is 492 g/mol. The van der Waals surface area contributed by atoms with Crippen LogP contribution in [0.2, 0.25) is 0 Å². The molecular formula is C23H24N8O5. The topological polar surface area (TPSA) is 165 Å². The number of benzene rings is 2. The van der Waals surface area contributed by atoms with Crippen LogP contribution in [0.4, 0.5) is 5.82 Å². The lowest BCUT2D eigenvalue weighted by molar-refractivity contribution is 0.0950. The summed E-state index contributed by atoms with van der Waals surface area (Å²) in [5, 5.41) is 19.5. The molecule has 186 valence electrons. The maximum absolute atomic E-state index is 13.1. The van der Waals surface area contributed by atoms with Gasteiger partial charge in [-0.1, -0.05) is 12.1 Å². The molecule has 0 saturated heterocycles. The highest BCUT2D eigenvalue weighted by atomic mass is 16.6. The van der Waals surface area contributed by atoms with E-state index >= 15 is 0 Å². The number of methoxy groups -OCH3 is 2. The second kappa shape index (κ2) is 11.0. The molecule has 0 spiro atoms. The number of nitrogens with two attached hydrogens (primary N) is 1. The number of nitrogens with zero attached hydrogens (tertiary/aromatic N) is 6. The number of aromatic nitrogens is 5. The standard InChI is InChI=1S/C23H24N8O5/c1-4-11-35-16-7-5-14(6-8-16)20-19(26-30-31(20)22-21(24)28-36-29-22)23(32)27-25-13-15-12-17(33-2)9-10-18(15)34-3/h5-10,12-13H,4,11H2,1-3H3,(H2,24,28)(H,27,32). The number of anilines is 1. The number of ether oxygens (including phenoxy) is 3. The second-order valence-electron chi connectivity index (χ2n) is 7.35. The molecule has 0 aliphatic carbocycles. The van der Waals surface area contributed by atoms with Gasteiger partial charge >= 0.3 is 0 Å². The molecule has 0 atom stereocenters. The number of hydrogen-bond acceptors (Lipinski definition) is 11. The zero-order chi connectivity index (χ0) is 25.5. The smallest absolute Gasteiger partial charge is 0.294 e. The van der Waals surface area contributed by atoms with E-state index in [1.54, 1.807) is 49.6 Å². The summed E-state index contributed by atoms with van der Waals surface area (Å²) in [5.41, 5.74) is 9.82. The Morgan fingerprint density at radius 3 is 2.58 bits per heavy atom. The first kappa shape index (κ1) is 24.2. The van der Waals surface area contributed by atoms with Crippen LogP contribution in [0.25, 0.3) is 17.1 Å². The van der Waals surface area contributed by atoms with Crippen LogP contribution >= 0.6 is 0 Å². The molecule has 0 aliphatic heterocycles. The molecule has 0 aliphatic rings. The third kappa shape index (κ3) is 5.09. The Morgan fingerprint density at radius 2 is 1.92 bits per heavy atom. The highest BCUT2D eigenvalue weighted by Crippen LogP contribution is 2.28. The molecular weight excluding hydrogens is 468 g/mol. The number of nitrogen functional groups attached to an aromatic ring is 1. The van der Waals surface area contributed by atoms with Gasteiger partial charge in [0, 0.05) is 11.1 Å². The van der Waals surface area contributed by atoms with Crippen LogP contribution in [0, 0.1) is 0 Å². The van der Waals surface area contributed by atoms with Crippen molar-refractivity contribution >= 4 is 17.9 Å². The summed E-state index contributed by atoms with van der Waals surface area (Å²) < 4.78 is 22.2. The van der Waals surface area contributed by atoms with Gasteiger partial charge in [-0.3, -0.25) is 4.79 Å². The van der Waals surface area contributed by atoms with Crippen LogP contribution in [0.1, 0.15) is 29.4 Å². The molecule has 4 aromatic rings. The number of carbonyl (C=O) groups excluding carboxylic acids is 1. The first-order valence-corrected chi connectivity index (χ1v) is 10.9. The predicted molar refractivity (Wildman–Crippen MR) is 129 cm³/mol. The number of hydrogen-bond donors (Lipinski definition) is 2. The lowest BCUT2D eigenvalue weighted by atomic mass is 10.1. The van der Waals surface area contributed by atoms with Crippen molar-refractivity contribution < 1.29 is 23.6 Å². The van der Waals surface area contributed by atoms with Gasteiger partial charge in [-0.25, -0.2) is 10.1 Å². The normalized spacial score (nSPS) is 11.0. The summed E-state index contributed by atoms with van der Waals surface area (Å²) in [7, 11) is 3.08. The van der Waals surface area contributed by atoms with Gasteiger partial charge in [0.2, 0.25) is 11.6 Å². The Hall–Kier alpha value is -4.94. The Kier molecular flexibility index (Phi) is 7.39. The summed E-state index contributed by atoms with van der Waals surface area (Å²) in [6.45, 7) is 2.61. The van der Waals surface area contributed by atoms with E-state index in [0.29, 0.717) is 40.7 Å². The fraction of sp³-hybridized carbons (Fsp3) is 0.217. The molecule has 0 fully saturated rings. The monoisotopic (exact) mass is 492 g/mol. The van der Waals surface area contributed by atoms with E-state index in [9.17, 15) is 4.79 Å². The molecule has 2 aromatic carbocycles. The quantitative estimate of drug-likeness (QED) is 0.248. The van der Waals surface area contributed by atoms with Gasteiger partial charge in [-0.05, 0) is 59.2 Å². The first-order valence-electron chi connectivity index (χ1n) is 10.9. The molecule has 4 rings (SSSR count). The summed E-state index contributed by atoms with van der Waals surface area (Å²) in [6.07, 6.45) is 2.31. The maximum atomic E-state index is 13.1. The number of carbonyl (C=O) groups is 1. The SMILES string of the molecule is CCCOc1ccc(-c2c(C(=O)NN=Cc3cc(OC)ccc3OC)nnn2-c2nonc2N)cc1. The average Bonchev–Trinajstić information content (AvgIpc) is 3.53. The molecule has 0 radical (unpaired) electrons. The molecule has 13 nitrogen and oxygen atoms in total. The van der Waals surface area contributed by atoms with Crippen LogP contribution in [0.3, 0.4) is 0 Å². The Bertz CT molecular complexity index is 1360. The van der Waals surface area contributed by atoms with Crippen molar-refractivity contribution in [1.82, 2.24) is 30.7 Å². The van der Waals surface area contributed by atoms with E-state index in [2.05, 4.69) is 31.2 Å². The Labute approximate surface area is 205 Å². The molecule has 2 aromatic heterocycles. The lowest BCUT2D eigenvalue weighted by Crippen LogP contribution is -2.19. The van der Waals surface area contributed by atoms with Crippen molar-refractivity contribution in [2.45, 2.75) is 13.3 Å². The van der Waals surface area contributed by atoms with E-state index in [0.717, 1.165) is 6.42 Å². The molecule has 0 saturated carbocycles. The molecule has 36 heavy (non-hydrogen) atoms. The fourth-order valence-electron chi connectivity index (χ4n) is 3.26. The highest BCUT2D eigenvalue weighted by molar-refractivity contribution is 5.99. The van der Waals surface area contributed by atoms with Crippen molar-refractivity contribution in [2.24, 2.45) is 5.10 Å². The van der Waals surface area contributed by atoms with E-state index in [-0.39, 0.29) is 17.3 Å². The van der Waals surface area contributed by atoms with Gasteiger partial charge < -0.3 is 19.9 Å². The predicted octanol–water partition coefficient (Wildman–Crippen LogP) is 2.47. The van der Waals surface area contributed by atoms with Crippen molar-refractivity contribution in [3.63, 3.8) is 0 Å². The van der Waals surface area contributed by atoms with Gasteiger partial charge in [-0.2, -0.15) is 9.78 Å². The van der Waals surface area contributed by atoms with Crippen LogP contribution in [-0.2, 0) is 0 Å². The molecule has 0 unspecified atom stereocenters. The summed E-state index contributed by atoms with van der Waals surface area (Å²) in [6, 6.07) is 12.3. The number of rotatable bonds is 10. The van der Waals surface area contributed by atoms with Crippen molar-refractivity contribution in [2.75, 3.05) is 26.6 Å².